The minimum Gasteiger partial charge on any atom is -0.378 e. The molecule has 0 aliphatic heterocycles. The fraction of sp³-hybridized carbons (Fsp3) is 0.300. The molecule has 0 amide bonds. The Morgan fingerprint density at radius 3 is 2.68 bits per heavy atom. The fourth-order valence-electron chi connectivity index (χ4n) is 2.32. The lowest BCUT2D eigenvalue weighted by molar-refractivity contribution is 0.143. The summed E-state index contributed by atoms with van der Waals surface area (Å²) in [7, 11) is 0. The molecule has 1 unspecified atom stereocenters. The first kappa shape index (κ1) is 16.3. The zero-order valence-electron chi connectivity index (χ0n) is 13.4. The number of rotatable bonds is 4. The zero-order valence-corrected chi connectivity index (χ0v) is 13.4. The van der Waals surface area contributed by atoms with Crippen molar-refractivity contribution in [3.63, 3.8) is 0 Å². The first-order valence-corrected chi connectivity index (χ1v) is 7.58. The minimum absolute atomic E-state index is 0.262. The third-order valence-corrected chi connectivity index (χ3v) is 3.41. The molecule has 1 atom stereocenters. The standard InChI is InChI=1S/C20H23NO/c1-16(21-15-8-4-7-14-20(2,3)22)18-13-9-11-17-10-5-6-12-19(17)18/h4-6,8-13,16,21-22H,15H2,1-3H3/b8-4-. The molecular weight excluding hydrogens is 270 g/mol. The molecule has 0 aliphatic carbocycles. The number of allylic oxidation sites excluding steroid dienone is 1. The van der Waals surface area contributed by atoms with Gasteiger partial charge in [0.2, 0.25) is 0 Å². The maximum absolute atomic E-state index is 9.49. The molecule has 114 valence electrons. The molecule has 0 radical (unpaired) electrons. The van der Waals surface area contributed by atoms with Crippen LogP contribution in [0.2, 0.25) is 0 Å². The number of fused-ring (bicyclic) bond motifs is 1. The summed E-state index contributed by atoms with van der Waals surface area (Å²) in [4.78, 5) is 0. The molecule has 0 spiro atoms. The maximum Gasteiger partial charge on any atom is 0.120 e. The van der Waals surface area contributed by atoms with Crippen LogP contribution in [0.1, 0.15) is 32.4 Å². The van der Waals surface area contributed by atoms with Crippen LogP contribution in [0.5, 0.6) is 0 Å². The van der Waals surface area contributed by atoms with Crippen LogP contribution in [0.25, 0.3) is 10.8 Å². The molecule has 2 aromatic rings. The van der Waals surface area contributed by atoms with Crippen molar-refractivity contribution in [2.75, 3.05) is 6.54 Å². The quantitative estimate of drug-likeness (QED) is 0.840. The molecule has 0 aliphatic rings. The van der Waals surface area contributed by atoms with Crippen LogP contribution in [0.3, 0.4) is 0 Å². The molecule has 0 heterocycles. The second kappa shape index (κ2) is 7.26. The van der Waals surface area contributed by atoms with Crippen LogP contribution in [-0.4, -0.2) is 17.3 Å². The highest BCUT2D eigenvalue weighted by molar-refractivity contribution is 5.86. The number of benzene rings is 2. The molecule has 0 saturated carbocycles. The first-order valence-electron chi connectivity index (χ1n) is 7.58. The Balaban J connectivity index is 1.98. The van der Waals surface area contributed by atoms with Gasteiger partial charge < -0.3 is 10.4 Å². The average Bonchev–Trinajstić information content (AvgIpc) is 2.49. The Hall–Kier alpha value is -2.08. The topological polar surface area (TPSA) is 32.3 Å². The van der Waals surface area contributed by atoms with Crippen LogP contribution in [0, 0.1) is 11.8 Å². The van der Waals surface area contributed by atoms with Crippen molar-refractivity contribution in [2.24, 2.45) is 0 Å². The van der Waals surface area contributed by atoms with Gasteiger partial charge in [-0.1, -0.05) is 60.4 Å². The third-order valence-electron chi connectivity index (χ3n) is 3.41. The number of hydrogen-bond donors (Lipinski definition) is 2. The molecule has 2 nitrogen and oxygen atoms in total. The van der Waals surface area contributed by atoms with E-state index < -0.39 is 5.60 Å². The van der Waals surface area contributed by atoms with Gasteiger partial charge in [0.05, 0.1) is 0 Å². The Bertz CT molecular complexity index is 708. The molecule has 0 saturated heterocycles. The Labute approximate surface area is 132 Å². The summed E-state index contributed by atoms with van der Waals surface area (Å²) in [5.74, 6) is 5.60. The predicted octanol–water partition coefficient (Wildman–Crippen LogP) is 3.82. The lowest BCUT2D eigenvalue weighted by atomic mass is 10.00. The summed E-state index contributed by atoms with van der Waals surface area (Å²) >= 11 is 0. The fourth-order valence-corrected chi connectivity index (χ4v) is 2.32. The van der Waals surface area contributed by atoms with E-state index >= 15 is 0 Å². The van der Waals surface area contributed by atoms with Gasteiger partial charge in [-0.25, -0.2) is 0 Å². The SMILES string of the molecule is CC(NC/C=C\C#CC(C)(C)O)c1cccc2ccccc12. The highest BCUT2D eigenvalue weighted by Crippen LogP contribution is 2.23. The van der Waals surface area contributed by atoms with Gasteiger partial charge in [-0.15, -0.1) is 0 Å². The van der Waals surface area contributed by atoms with Crippen molar-refractivity contribution >= 4 is 10.8 Å². The Morgan fingerprint density at radius 1 is 1.18 bits per heavy atom. The smallest absolute Gasteiger partial charge is 0.120 e. The van der Waals surface area contributed by atoms with E-state index in [1.807, 2.05) is 6.08 Å². The van der Waals surface area contributed by atoms with E-state index in [1.54, 1.807) is 19.9 Å². The van der Waals surface area contributed by atoms with Gasteiger partial charge in [0.15, 0.2) is 0 Å². The van der Waals surface area contributed by atoms with E-state index in [1.165, 1.54) is 16.3 Å². The van der Waals surface area contributed by atoms with E-state index in [0.29, 0.717) is 0 Å². The molecule has 2 N–H and O–H groups in total. The van der Waals surface area contributed by atoms with Gasteiger partial charge in [-0.3, -0.25) is 0 Å². The normalized spacial score (nSPS) is 13.1. The summed E-state index contributed by atoms with van der Waals surface area (Å²) in [6, 6.07) is 15.1. The van der Waals surface area contributed by atoms with Gasteiger partial charge in [-0.05, 0) is 43.2 Å². The van der Waals surface area contributed by atoms with Gasteiger partial charge in [0, 0.05) is 12.6 Å². The molecule has 0 fully saturated rings. The Morgan fingerprint density at radius 2 is 1.91 bits per heavy atom. The highest BCUT2D eigenvalue weighted by atomic mass is 16.3. The molecular formula is C20H23NO. The second-order valence-corrected chi connectivity index (χ2v) is 5.93. The van der Waals surface area contributed by atoms with Crippen molar-refractivity contribution in [1.29, 1.82) is 0 Å². The second-order valence-electron chi connectivity index (χ2n) is 5.93. The molecule has 2 aromatic carbocycles. The summed E-state index contributed by atoms with van der Waals surface area (Å²) in [6.07, 6.45) is 3.75. The molecule has 22 heavy (non-hydrogen) atoms. The summed E-state index contributed by atoms with van der Waals surface area (Å²) in [6.45, 7) is 6.26. The summed E-state index contributed by atoms with van der Waals surface area (Å²) < 4.78 is 0. The molecule has 0 aromatic heterocycles. The van der Waals surface area contributed by atoms with Crippen molar-refractivity contribution in [3.05, 3.63) is 60.2 Å². The van der Waals surface area contributed by atoms with E-state index in [2.05, 4.69) is 66.5 Å². The predicted molar refractivity (Wildman–Crippen MR) is 93.6 cm³/mol. The van der Waals surface area contributed by atoms with E-state index in [4.69, 9.17) is 0 Å². The average molecular weight is 293 g/mol. The minimum atomic E-state index is -0.936. The number of hydrogen-bond acceptors (Lipinski definition) is 2. The van der Waals surface area contributed by atoms with Crippen molar-refractivity contribution < 1.29 is 5.11 Å². The van der Waals surface area contributed by atoms with Crippen LogP contribution in [0.4, 0.5) is 0 Å². The van der Waals surface area contributed by atoms with Crippen LogP contribution in [0.15, 0.2) is 54.6 Å². The van der Waals surface area contributed by atoms with E-state index in [0.717, 1.165) is 6.54 Å². The largest absolute Gasteiger partial charge is 0.378 e. The van der Waals surface area contributed by atoms with Crippen LogP contribution >= 0.6 is 0 Å². The zero-order chi connectivity index (χ0) is 16.0. The Kier molecular flexibility index (Phi) is 5.38. The monoisotopic (exact) mass is 293 g/mol. The molecule has 2 heteroatoms. The lowest BCUT2D eigenvalue weighted by Crippen LogP contribution is -2.18. The highest BCUT2D eigenvalue weighted by Gasteiger charge is 2.07. The van der Waals surface area contributed by atoms with Crippen molar-refractivity contribution in [3.8, 4) is 11.8 Å². The first-order chi connectivity index (χ1) is 10.5. The van der Waals surface area contributed by atoms with Gasteiger partial charge in [0.25, 0.3) is 0 Å². The third kappa shape index (κ3) is 4.73. The van der Waals surface area contributed by atoms with E-state index in [9.17, 15) is 5.11 Å². The van der Waals surface area contributed by atoms with Gasteiger partial charge >= 0.3 is 0 Å². The number of aliphatic hydroxyl groups is 1. The van der Waals surface area contributed by atoms with Gasteiger partial charge in [-0.2, -0.15) is 0 Å². The van der Waals surface area contributed by atoms with Crippen LogP contribution in [-0.2, 0) is 0 Å². The van der Waals surface area contributed by atoms with Gasteiger partial charge in [0.1, 0.15) is 5.60 Å². The summed E-state index contributed by atoms with van der Waals surface area (Å²) in [5.41, 5.74) is 0.364. The molecule has 0 bridgehead atoms. The number of nitrogens with one attached hydrogen (secondary N) is 1. The van der Waals surface area contributed by atoms with E-state index in [-0.39, 0.29) is 6.04 Å². The lowest BCUT2D eigenvalue weighted by Gasteiger charge is -2.15. The van der Waals surface area contributed by atoms with Crippen molar-refractivity contribution in [1.82, 2.24) is 5.32 Å². The van der Waals surface area contributed by atoms with Crippen molar-refractivity contribution in [2.45, 2.75) is 32.4 Å². The maximum atomic E-state index is 9.49. The molecule has 2 rings (SSSR count). The van der Waals surface area contributed by atoms with Crippen LogP contribution < -0.4 is 5.32 Å². The summed E-state index contributed by atoms with van der Waals surface area (Å²) in [5, 5.41) is 15.5.